The van der Waals surface area contributed by atoms with Crippen molar-refractivity contribution in [2.24, 2.45) is 5.73 Å². The Hall–Kier alpha value is -0.610. The van der Waals surface area contributed by atoms with Crippen molar-refractivity contribution in [3.8, 4) is 0 Å². The van der Waals surface area contributed by atoms with Gasteiger partial charge in [-0.3, -0.25) is 9.69 Å². The Kier molecular flexibility index (Phi) is 2.04. The Morgan fingerprint density at radius 3 is 2.38 bits per heavy atom. The van der Waals surface area contributed by atoms with E-state index in [0.717, 1.165) is 38.8 Å². The fourth-order valence-electron chi connectivity index (χ4n) is 2.89. The molecule has 3 N–H and O–H groups in total. The van der Waals surface area contributed by atoms with Crippen LogP contribution in [0.2, 0.25) is 0 Å². The summed E-state index contributed by atoms with van der Waals surface area (Å²) in [7, 11) is 0. The number of fused-ring (bicyclic) bond motifs is 1. The zero-order valence-corrected chi connectivity index (χ0v) is 7.70. The Balaban J connectivity index is 2.22. The average molecular weight is 184 g/mol. The molecule has 74 valence electrons. The highest BCUT2D eigenvalue weighted by molar-refractivity contribution is 5.75. The van der Waals surface area contributed by atoms with E-state index in [1.165, 1.54) is 0 Å². The standard InChI is InChI=1S/C9H16N2O2/c10-7(8(12)13)9-3-1-5-11(9)6-2-4-9/h7H,1-6,10H2,(H,12,13)/t7-/m0/s1. The van der Waals surface area contributed by atoms with E-state index in [2.05, 4.69) is 4.90 Å². The number of carboxylic acids is 1. The van der Waals surface area contributed by atoms with Crippen LogP contribution < -0.4 is 5.73 Å². The summed E-state index contributed by atoms with van der Waals surface area (Å²) in [6.45, 7) is 2.06. The minimum absolute atomic E-state index is 0.203. The van der Waals surface area contributed by atoms with Crippen molar-refractivity contribution in [3.63, 3.8) is 0 Å². The van der Waals surface area contributed by atoms with Gasteiger partial charge in [-0.05, 0) is 38.8 Å². The lowest BCUT2D eigenvalue weighted by Gasteiger charge is -2.35. The van der Waals surface area contributed by atoms with Gasteiger partial charge in [0.05, 0.1) is 0 Å². The van der Waals surface area contributed by atoms with Crippen LogP contribution in [-0.4, -0.2) is 40.6 Å². The molecule has 0 spiro atoms. The van der Waals surface area contributed by atoms with Gasteiger partial charge in [0, 0.05) is 5.54 Å². The van der Waals surface area contributed by atoms with Gasteiger partial charge in [0.15, 0.2) is 0 Å². The predicted molar refractivity (Wildman–Crippen MR) is 48.4 cm³/mol. The number of nitrogens with zero attached hydrogens (tertiary/aromatic N) is 1. The number of hydrogen-bond donors (Lipinski definition) is 2. The highest BCUT2D eigenvalue weighted by Crippen LogP contribution is 2.40. The van der Waals surface area contributed by atoms with E-state index in [9.17, 15) is 4.79 Å². The van der Waals surface area contributed by atoms with Gasteiger partial charge >= 0.3 is 5.97 Å². The Labute approximate surface area is 77.7 Å². The molecule has 13 heavy (non-hydrogen) atoms. The van der Waals surface area contributed by atoms with Crippen molar-refractivity contribution >= 4 is 5.97 Å². The quantitative estimate of drug-likeness (QED) is 0.635. The maximum atomic E-state index is 10.9. The molecule has 0 aromatic carbocycles. The predicted octanol–water partition coefficient (Wildman–Crippen LogP) is 0.0267. The number of carbonyl (C=O) groups is 1. The van der Waals surface area contributed by atoms with Crippen LogP contribution in [0.1, 0.15) is 25.7 Å². The highest BCUT2D eigenvalue weighted by Gasteiger charge is 2.50. The highest BCUT2D eigenvalue weighted by atomic mass is 16.4. The first-order valence-electron chi connectivity index (χ1n) is 4.90. The van der Waals surface area contributed by atoms with Gasteiger partial charge < -0.3 is 10.8 Å². The monoisotopic (exact) mass is 184 g/mol. The molecule has 4 nitrogen and oxygen atoms in total. The maximum Gasteiger partial charge on any atom is 0.322 e. The summed E-state index contributed by atoms with van der Waals surface area (Å²) in [5.74, 6) is -0.853. The lowest BCUT2D eigenvalue weighted by atomic mass is 9.86. The number of nitrogens with two attached hydrogens (primary N) is 1. The molecular formula is C9H16N2O2. The average Bonchev–Trinajstić information content (AvgIpc) is 2.59. The molecule has 0 unspecified atom stereocenters. The first kappa shape index (κ1) is 8.97. The topological polar surface area (TPSA) is 66.6 Å². The molecule has 0 radical (unpaired) electrons. The van der Waals surface area contributed by atoms with Crippen LogP contribution in [0.4, 0.5) is 0 Å². The van der Waals surface area contributed by atoms with Gasteiger partial charge in [0.25, 0.3) is 0 Å². The maximum absolute atomic E-state index is 10.9. The molecule has 0 amide bonds. The molecule has 0 aromatic heterocycles. The molecule has 0 aliphatic carbocycles. The van der Waals surface area contributed by atoms with E-state index in [-0.39, 0.29) is 5.54 Å². The van der Waals surface area contributed by atoms with Crippen molar-refractivity contribution in [1.29, 1.82) is 0 Å². The summed E-state index contributed by atoms with van der Waals surface area (Å²) >= 11 is 0. The van der Waals surface area contributed by atoms with E-state index in [0.29, 0.717) is 0 Å². The third-order valence-corrected chi connectivity index (χ3v) is 3.55. The fourth-order valence-corrected chi connectivity index (χ4v) is 2.89. The molecule has 2 saturated heterocycles. The summed E-state index contributed by atoms with van der Waals surface area (Å²) in [5.41, 5.74) is 5.55. The Morgan fingerprint density at radius 1 is 1.38 bits per heavy atom. The third kappa shape index (κ3) is 1.16. The van der Waals surface area contributed by atoms with Crippen LogP contribution in [0, 0.1) is 0 Å². The molecule has 0 aromatic rings. The van der Waals surface area contributed by atoms with Crippen molar-refractivity contribution in [3.05, 3.63) is 0 Å². The second kappa shape index (κ2) is 2.96. The summed E-state index contributed by atoms with van der Waals surface area (Å²) in [5, 5.41) is 8.93. The van der Waals surface area contributed by atoms with Gasteiger partial charge in [-0.2, -0.15) is 0 Å². The summed E-state index contributed by atoms with van der Waals surface area (Å²) < 4.78 is 0. The lowest BCUT2D eigenvalue weighted by Crippen LogP contribution is -2.57. The number of rotatable bonds is 2. The van der Waals surface area contributed by atoms with Crippen molar-refractivity contribution in [1.82, 2.24) is 4.90 Å². The van der Waals surface area contributed by atoms with Crippen LogP contribution in [-0.2, 0) is 4.79 Å². The molecule has 0 bridgehead atoms. The smallest absolute Gasteiger partial charge is 0.322 e. The molecular weight excluding hydrogens is 168 g/mol. The first-order chi connectivity index (χ1) is 6.17. The van der Waals surface area contributed by atoms with E-state index < -0.39 is 12.0 Å². The number of carboxylic acid groups (broad SMARTS) is 1. The second-order valence-corrected chi connectivity index (χ2v) is 4.11. The van der Waals surface area contributed by atoms with Crippen LogP contribution in [0.25, 0.3) is 0 Å². The largest absolute Gasteiger partial charge is 0.480 e. The van der Waals surface area contributed by atoms with Crippen molar-refractivity contribution in [2.75, 3.05) is 13.1 Å². The zero-order chi connectivity index (χ0) is 9.47. The van der Waals surface area contributed by atoms with Crippen molar-refractivity contribution in [2.45, 2.75) is 37.3 Å². The van der Waals surface area contributed by atoms with E-state index in [4.69, 9.17) is 10.8 Å². The molecule has 2 rings (SSSR count). The van der Waals surface area contributed by atoms with Crippen LogP contribution in [0.15, 0.2) is 0 Å². The van der Waals surface area contributed by atoms with Crippen molar-refractivity contribution < 1.29 is 9.90 Å². The number of aliphatic carboxylic acids is 1. The fraction of sp³-hybridized carbons (Fsp3) is 0.889. The normalized spacial score (nSPS) is 28.7. The number of hydrogen-bond acceptors (Lipinski definition) is 3. The minimum atomic E-state index is -0.853. The Morgan fingerprint density at radius 2 is 1.92 bits per heavy atom. The molecule has 2 fully saturated rings. The molecule has 2 aliphatic heterocycles. The lowest BCUT2D eigenvalue weighted by molar-refractivity contribution is -0.141. The van der Waals surface area contributed by atoms with E-state index in [1.54, 1.807) is 0 Å². The summed E-state index contributed by atoms with van der Waals surface area (Å²) in [6, 6.07) is -0.697. The Bertz CT molecular complexity index is 220. The SMILES string of the molecule is N[C@@H](C(=O)O)C12CCCN1CCC2. The molecule has 0 saturated carbocycles. The van der Waals surface area contributed by atoms with E-state index in [1.807, 2.05) is 0 Å². The van der Waals surface area contributed by atoms with Crippen LogP contribution in [0.3, 0.4) is 0 Å². The van der Waals surface area contributed by atoms with E-state index >= 15 is 0 Å². The van der Waals surface area contributed by atoms with Gasteiger partial charge in [0.1, 0.15) is 6.04 Å². The molecule has 2 aliphatic rings. The zero-order valence-electron chi connectivity index (χ0n) is 7.70. The molecule has 4 heteroatoms. The summed E-state index contributed by atoms with van der Waals surface area (Å²) in [6.07, 6.45) is 4.11. The molecule has 1 atom stereocenters. The first-order valence-corrected chi connectivity index (χ1v) is 4.90. The second-order valence-electron chi connectivity index (χ2n) is 4.11. The van der Waals surface area contributed by atoms with Gasteiger partial charge in [0.2, 0.25) is 0 Å². The third-order valence-electron chi connectivity index (χ3n) is 3.55. The van der Waals surface area contributed by atoms with Crippen LogP contribution in [0.5, 0.6) is 0 Å². The van der Waals surface area contributed by atoms with Crippen LogP contribution >= 0.6 is 0 Å². The minimum Gasteiger partial charge on any atom is -0.480 e. The van der Waals surface area contributed by atoms with Gasteiger partial charge in [-0.1, -0.05) is 0 Å². The van der Waals surface area contributed by atoms with Gasteiger partial charge in [-0.25, -0.2) is 0 Å². The summed E-state index contributed by atoms with van der Waals surface area (Å²) in [4.78, 5) is 13.1. The molecule has 2 heterocycles. The van der Waals surface area contributed by atoms with Gasteiger partial charge in [-0.15, -0.1) is 0 Å².